The molecule has 2 aromatic carbocycles. The van der Waals surface area contributed by atoms with Crippen LogP contribution in [0.1, 0.15) is 49.9 Å². The van der Waals surface area contributed by atoms with E-state index in [0.29, 0.717) is 6.61 Å². The van der Waals surface area contributed by atoms with Crippen LogP contribution in [0.15, 0.2) is 53.9 Å². The van der Waals surface area contributed by atoms with Gasteiger partial charge >= 0.3 is 0 Å². The Morgan fingerprint density at radius 3 is 2.52 bits per heavy atom. The monoisotopic (exact) mass is 380 g/mol. The van der Waals surface area contributed by atoms with E-state index in [-0.39, 0.29) is 11.5 Å². The van der Waals surface area contributed by atoms with Crippen LogP contribution in [0.25, 0.3) is 11.3 Å². The molecule has 0 fully saturated rings. The summed E-state index contributed by atoms with van der Waals surface area (Å²) in [6.45, 7) is 9.36. The Kier molecular flexibility index (Phi) is 5.98. The number of hydrogen-bond acceptors (Lipinski definition) is 4. The summed E-state index contributed by atoms with van der Waals surface area (Å²) >= 11 is 1.68. The maximum atomic E-state index is 6.19. The molecular weight excluding hydrogens is 352 g/mol. The largest absolute Gasteiger partial charge is 0.488 e. The predicted octanol–water partition coefficient (Wildman–Crippen LogP) is 5.97. The quantitative estimate of drug-likeness (QED) is 0.572. The molecule has 142 valence electrons. The van der Waals surface area contributed by atoms with Gasteiger partial charge in [0, 0.05) is 10.9 Å². The second kappa shape index (κ2) is 8.24. The fourth-order valence-electron chi connectivity index (χ4n) is 2.79. The number of ether oxygens (including phenoxy) is 1. The molecule has 1 unspecified atom stereocenters. The Bertz CT molecular complexity index is 881. The van der Waals surface area contributed by atoms with Gasteiger partial charge in [0.05, 0.1) is 11.7 Å². The van der Waals surface area contributed by atoms with Gasteiger partial charge in [-0.25, -0.2) is 4.98 Å². The number of hydrogen-bond donors (Lipinski definition) is 1. The standard InChI is InChI=1S/C23H28N2OS/c1-16(24-5)22-25-20(15-27-22)19-13-18(23(2,3)4)11-12-21(19)26-14-17-9-7-6-8-10-17/h6-13,15-16,24H,14H2,1-5H3. The molecule has 0 saturated carbocycles. The molecule has 1 atom stereocenters. The van der Waals surface area contributed by atoms with Gasteiger partial charge in [0.25, 0.3) is 0 Å². The van der Waals surface area contributed by atoms with E-state index in [1.54, 1.807) is 11.3 Å². The van der Waals surface area contributed by atoms with Crippen molar-refractivity contribution in [1.29, 1.82) is 0 Å². The molecule has 3 rings (SSSR count). The fourth-order valence-corrected chi connectivity index (χ4v) is 3.68. The zero-order chi connectivity index (χ0) is 19.4. The number of benzene rings is 2. The third-order valence-electron chi connectivity index (χ3n) is 4.68. The number of rotatable bonds is 6. The van der Waals surface area contributed by atoms with E-state index in [2.05, 4.69) is 68.7 Å². The molecule has 0 saturated heterocycles. The van der Waals surface area contributed by atoms with Crippen LogP contribution in [0, 0.1) is 0 Å². The summed E-state index contributed by atoms with van der Waals surface area (Å²) in [5.41, 5.74) is 4.55. The average Bonchev–Trinajstić information content (AvgIpc) is 3.15. The highest BCUT2D eigenvalue weighted by Gasteiger charge is 2.19. The highest BCUT2D eigenvalue weighted by Crippen LogP contribution is 2.36. The molecule has 0 amide bonds. The first-order valence-corrected chi connectivity index (χ1v) is 10.2. The van der Waals surface area contributed by atoms with Crippen molar-refractivity contribution in [2.75, 3.05) is 7.05 Å². The van der Waals surface area contributed by atoms with Gasteiger partial charge in [0.1, 0.15) is 17.4 Å². The number of nitrogens with one attached hydrogen (secondary N) is 1. The zero-order valence-electron chi connectivity index (χ0n) is 16.7. The van der Waals surface area contributed by atoms with Crippen molar-refractivity contribution < 1.29 is 4.74 Å². The molecule has 3 nitrogen and oxygen atoms in total. The van der Waals surface area contributed by atoms with E-state index in [4.69, 9.17) is 9.72 Å². The Hall–Kier alpha value is -2.17. The molecular formula is C23H28N2OS. The van der Waals surface area contributed by atoms with Crippen LogP contribution in [0.3, 0.4) is 0 Å². The summed E-state index contributed by atoms with van der Waals surface area (Å²) in [5.74, 6) is 0.876. The maximum absolute atomic E-state index is 6.19. The van der Waals surface area contributed by atoms with Crippen LogP contribution in [0.4, 0.5) is 0 Å². The molecule has 4 heteroatoms. The fraction of sp³-hybridized carbons (Fsp3) is 0.348. The molecule has 3 aromatic rings. The summed E-state index contributed by atoms with van der Waals surface area (Å²) in [4.78, 5) is 4.87. The maximum Gasteiger partial charge on any atom is 0.129 e. The van der Waals surface area contributed by atoms with Gasteiger partial charge in [-0.3, -0.25) is 0 Å². The second-order valence-electron chi connectivity index (χ2n) is 7.82. The summed E-state index contributed by atoms with van der Waals surface area (Å²) in [5, 5.41) is 6.47. The lowest BCUT2D eigenvalue weighted by atomic mass is 9.86. The van der Waals surface area contributed by atoms with Gasteiger partial charge in [-0.15, -0.1) is 11.3 Å². The lowest BCUT2D eigenvalue weighted by Crippen LogP contribution is -2.12. The zero-order valence-corrected chi connectivity index (χ0v) is 17.6. The smallest absolute Gasteiger partial charge is 0.129 e. The van der Waals surface area contributed by atoms with Crippen LogP contribution < -0.4 is 10.1 Å². The van der Waals surface area contributed by atoms with Crippen molar-refractivity contribution in [2.45, 2.75) is 45.8 Å². The van der Waals surface area contributed by atoms with Crippen LogP contribution in [0.5, 0.6) is 5.75 Å². The molecule has 0 spiro atoms. The molecule has 0 aliphatic rings. The Morgan fingerprint density at radius 2 is 1.85 bits per heavy atom. The molecule has 27 heavy (non-hydrogen) atoms. The first kappa shape index (κ1) is 19.6. The summed E-state index contributed by atoms with van der Waals surface area (Å²) in [6.07, 6.45) is 0. The minimum absolute atomic E-state index is 0.0732. The molecule has 0 radical (unpaired) electrons. The first-order chi connectivity index (χ1) is 12.9. The normalized spacial score (nSPS) is 12.8. The number of nitrogens with zero attached hydrogens (tertiary/aromatic N) is 1. The number of aromatic nitrogens is 1. The summed E-state index contributed by atoms with van der Waals surface area (Å²) in [6, 6.07) is 17.0. The highest BCUT2D eigenvalue weighted by atomic mass is 32.1. The van der Waals surface area contributed by atoms with Crippen LogP contribution in [-0.2, 0) is 12.0 Å². The van der Waals surface area contributed by atoms with Crippen LogP contribution in [0.2, 0.25) is 0 Å². The Labute approximate surface area is 166 Å². The molecule has 1 heterocycles. The number of thiazole rings is 1. The van der Waals surface area contributed by atoms with Crippen molar-refractivity contribution in [1.82, 2.24) is 10.3 Å². The van der Waals surface area contributed by atoms with Gasteiger partial charge in [0.15, 0.2) is 0 Å². The van der Waals surface area contributed by atoms with Gasteiger partial charge in [-0.05, 0) is 42.6 Å². The van der Waals surface area contributed by atoms with Crippen LogP contribution >= 0.6 is 11.3 Å². The lowest BCUT2D eigenvalue weighted by molar-refractivity contribution is 0.307. The van der Waals surface area contributed by atoms with Gasteiger partial charge < -0.3 is 10.1 Å². The van der Waals surface area contributed by atoms with E-state index in [9.17, 15) is 0 Å². The molecule has 1 aromatic heterocycles. The minimum atomic E-state index is 0.0732. The second-order valence-corrected chi connectivity index (χ2v) is 8.71. The molecule has 1 N–H and O–H groups in total. The van der Waals surface area contributed by atoms with E-state index >= 15 is 0 Å². The Balaban J connectivity index is 1.96. The van der Waals surface area contributed by atoms with E-state index < -0.39 is 0 Å². The van der Waals surface area contributed by atoms with Crippen molar-refractivity contribution in [3.05, 3.63) is 70.0 Å². The van der Waals surface area contributed by atoms with Crippen LogP contribution in [-0.4, -0.2) is 12.0 Å². The third-order valence-corrected chi connectivity index (χ3v) is 5.71. The molecule has 0 aliphatic heterocycles. The Morgan fingerprint density at radius 1 is 1.11 bits per heavy atom. The summed E-state index contributed by atoms with van der Waals surface area (Å²) in [7, 11) is 1.96. The van der Waals surface area contributed by atoms with E-state index in [1.165, 1.54) is 5.56 Å². The van der Waals surface area contributed by atoms with Gasteiger partial charge in [-0.1, -0.05) is 57.2 Å². The van der Waals surface area contributed by atoms with Crippen molar-refractivity contribution in [3.63, 3.8) is 0 Å². The molecule has 0 bridgehead atoms. The topological polar surface area (TPSA) is 34.2 Å². The van der Waals surface area contributed by atoms with Crippen molar-refractivity contribution in [2.24, 2.45) is 0 Å². The highest BCUT2D eigenvalue weighted by molar-refractivity contribution is 7.10. The van der Waals surface area contributed by atoms with Crippen molar-refractivity contribution in [3.8, 4) is 17.0 Å². The first-order valence-electron chi connectivity index (χ1n) is 9.33. The van der Waals surface area contributed by atoms with Gasteiger partial charge in [0.2, 0.25) is 0 Å². The summed E-state index contributed by atoms with van der Waals surface area (Å²) < 4.78 is 6.19. The van der Waals surface area contributed by atoms with E-state index in [1.807, 2.05) is 25.2 Å². The minimum Gasteiger partial charge on any atom is -0.488 e. The SMILES string of the molecule is CNC(C)c1nc(-c2cc(C(C)(C)C)ccc2OCc2ccccc2)cs1. The predicted molar refractivity (Wildman–Crippen MR) is 114 cm³/mol. The molecule has 0 aliphatic carbocycles. The lowest BCUT2D eigenvalue weighted by Gasteiger charge is -2.21. The third kappa shape index (κ3) is 4.76. The van der Waals surface area contributed by atoms with E-state index in [0.717, 1.165) is 27.6 Å². The average molecular weight is 381 g/mol. The van der Waals surface area contributed by atoms with Gasteiger partial charge in [-0.2, -0.15) is 0 Å². The van der Waals surface area contributed by atoms with Crippen molar-refractivity contribution >= 4 is 11.3 Å².